The number of fused-ring (bicyclic) bond motifs is 1. The average molecular weight is 226 g/mol. The van der Waals surface area contributed by atoms with Gasteiger partial charge in [-0.2, -0.15) is 0 Å². The molecule has 1 aliphatic rings. The van der Waals surface area contributed by atoms with E-state index in [2.05, 4.69) is 21.5 Å². The zero-order valence-electron chi connectivity index (χ0n) is 9.43. The summed E-state index contributed by atoms with van der Waals surface area (Å²) in [6.07, 6.45) is 5.79. The molecule has 0 aliphatic heterocycles. The predicted molar refractivity (Wildman–Crippen MR) is 66.4 cm³/mol. The van der Waals surface area contributed by atoms with E-state index in [0.717, 1.165) is 29.9 Å². The normalized spacial score (nSPS) is 17.8. The zero-order valence-corrected chi connectivity index (χ0v) is 9.43. The summed E-state index contributed by atoms with van der Waals surface area (Å²) in [6.45, 7) is 0. The van der Waals surface area contributed by atoms with Gasteiger partial charge in [0.1, 0.15) is 0 Å². The van der Waals surface area contributed by atoms with Gasteiger partial charge < -0.3 is 5.43 Å². The lowest BCUT2D eigenvalue weighted by atomic mass is 10.0. The molecule has 0 aromatic carbocycles. The molecule has 3 N–H and O–H groups in total. The van der Waals surface area contributed by atoms with Gasteiger partial charge in [0.15, 0.2) is 0 Å². The molecule has 2 heterocycles. The smallest absolute Gasteiger partial charge is 0.0526 e. The molecule has 2 aromatic rings. The molecule has 0 fully saturated rings. The molecule has 0 saturated heterocycles. The molecule has 3 rings (SSSR count). The van der Waals surface area contributed by atoms with Gasteiger partial charge in [0.05, 0.1) is 17.1 Å². The Morgan fingerprint density at radius 1 is 1.24 bits per heavy atom. The van der Waals surface area contributed by atoms with Crippen molar-refractivity contribution in [3.05, 3.63) is 53.6 Å². The third kappa shape index (κ3) is 1.76. The molecule has 0 spiro atoms. The van der Waals surface area contributed by atoms with Crippen molar-refractivity contribution in [2.75, 3.05) is 5.43 Å². The van der Waals surface area contributed by atoms with Crippen LogP contribution in [0.15, 0.2) is 36.7 Å². The van der Waals surface area contributed by atoms with Crippen LogP contribution in [-0.2, 0) is 6.42 Å². The Balaban J connectivity index is 2.01. The molecule has 4 nitrogen and oxygen atoms in total. The first-order valence-electron chi connectivity index (χ1n) is 5.75. The molecule has 4 heteroatoms. The summed E-state index contributed by atoms with van der Waals surface area (Å²) in [5.41, 5.74) is 7.08. The minimum Gasteiger partial charge on any atom is -0.324 e. The molecule has 17 heavy (non-hydrogen) atoms. The van der Waals surface area contributed by atoms with Crippen molar-refractivity contribution in [2.24, 2.45) is 5.84 Å². The fourth-order valence-electron chi connectivity index (χ4n) is 2.43. The van der Waals surface area contributed by atoms with E-state index in [4.69, 9.17) is 5.84 Å². The summed E-state index contributed by atoms with van der Waals surface area (Å²) in [4.78, 5) is 8.91. The van der Waals surface area contributed by atoms with Crippen LogP contribution in [0.4, 0.5) is 5.69 Å². The van der Waals surface area contributed by atoms with Gasteiger partial charge in [-0.15, -0.1) is 0 Å². The Hall–Kier alpha value is -1.94. The zero-order chi connectivity index (χ0) is 11.7. The Bertz CT molecular complexity index is 538. The minimum atomic E-state index is 0.305. The first kappa shape index (κ1) is 10.2. The number of aryl methyl sites for hydroxylation is 1. The lowest BCUT2D eigenvalue weighted by molar-refractivity contribution is 0.746. The lowest BCUT2D eigenvalue weighted by Gasteiger charge is -2.11. The largest absolute Gasteiger partial charge is 0.324 e. The van der Waals surface area contributed by atoms with Gasteiger partial charge in [0.25, 0.3) is 0 Å². The van der Waals surface area contributed by atoms with Gasteiger partial charge in [0, 0.05) is 18.3 Å². The third-order valence-corrected chi connectivity index (χ3v) is 3.26. The van der Waals surface area contributed by atoms with Gasteiger partial charge >= 0.3 is 0 Å². The van der Waals surface area contributed by atoms with Crippen LogP contribution in [0.1, 0.15) is 29.3 Å². The van der Waals surface area contributed by atoms with Gasteiger partial charge in [0.2, 0.25) is 0 Å². The van der Waals surface area contributed by atoms with Crippen molar-refractivity contribution in [3.63, 3.8) is 0 Å². The summed E-state index contributed by atoms with van der Waals surface area (Å²) < 4.78 is 0. The summed E-state index contributed by atoms with van der Waals surface area (Å²) in [6, 6.07) is 7.99. The second-order valence-corrected chi connectivity index (χ2v) is 4.25. The second-order valence-electron chi connectivity index (χ2n) is 4.25. The maximum Gasteiger partial charge on any atom is 0.0526 e. The monoisotopic (exact) mass is 226 g/mol. The highest BCUT2D eigenvalue weighted by Crippen LogP contribution is 2.35. The number of pyridine rings is 2. The minimum absolute atomic E-state index is 0.305. The molecule has 0 saturated carbocycles. The third-order valence-electron chi connectivity index (χ3n) is 3.26. The van der Waals surface area contributed by atoms with Gasteiger partial charge in [-0.1, -0.05) is 6.07 Å². The van der Waals surface area contributed by atoms with Crippen LogP contribution in [0.25, 0.3) is 0 Å². The SMILES string of the molecule is NNc1ccnc(C2CCc3cccnc32)c1. The Morgan fingerprint density at radius 2 is 2.18 bits per heavy atom. The Kier molecular flexibility index (Phi) is 2.49. The molecule has 1 unspecified atom stereocenters. The van der Waals surface area contributed by atoms with E-state index in [1.54, 1.807) is 6.20 Å². The topological polar surface area (TPSA) is 63.8 Å². The van der Waals surface area contributed by atoms with Crippen LogP contribution in [0, 0.1) is 0 Å². The number of hydrogen-bond acceptors (Lipinski definition) is 4. The molecule has 2 aromatic heterocycles. The molecular formula is C13H14N4. The van der Waals surface area contributed by atoms with Crippen LogP contribution >= 0.6 is 0 Å². The quantitative estimate of drug-likeness (QED) is 0.606. The van der Waals surface area contributed by atoms with Gasteiger partial charge in [-0.05, 0) is 36.6 Å². The fourth-order valence-corrected chi connectivity index (χ4v) is 2.43. The predicted octanol–water partition coefficient (Wildman–Crippen LogP) is 1.84. The Labute approximate surface area is 99.9 Å². The molecule has 86 valence electrons. The molecular weight excluding hydrogens is 212 g/mol. The van der Waals surface area contributed by atoms with E-state index in [9.17, 15) is 0 Å². The van der Waals surface area contributed by atoms with Crippen LogP contribution in [0.2, 0.25) is 0 Å². The van der Waals surface area contributed by atoms with E-state index in [1.165, 1.54) is 5.56 Å². The number of rotatable bonds is 2. The first-order chi connectivity index (χ1) is 8.38. The van der Waals surface area contributed by atoms with E-state index in [0.29, 0.717) is 5.92 Å². The maximum absolute atomic E-state index is 5.42. The van der Waals surface area contributed by atoms with Crippen LogP contribution < -0.4 is 11.3 Å². The number of nitrogen functional groups attached to an aromatic ring is 1. The highest BCUT2D eigenvalue weighted by atomic mass is 15.2. The number of anilines is 1. The van der Waals surface area contributed by atoms with Crippen LogP contribution in [-0.4, -0.2) is 9.97 Å². The highest BCUT2D eigenvalue weighted by Gasteiger charge is 2.26. The fraction of sp³-hybridized carbons (Fsp3) is 0.231. The lowest BCUT2D eigenvalue weighted by Crippen LogP contribution is -2.08. The van der Waals surface area contributed by atoms with Gasteiger partial charge in [-0.25, -0.2) is 0 Å². The van der Waals surface area contributed by atoms with Crippen molar-refractivity contribution in [3.8, 4) is 0 Å². The molecule has 0 amide bonds. The second kappa shape index (κ2) is 4.14. The summed E-state index contributed by atoms with van der Waals surface area (Å²) in [5.74, 6) is 5.72. The van der Waals surface area contributed by atoms with Crippen LogP contribution in [0.3, 0.4) is 0 Å². The van der Waals surface area contributed by atoms with Crippen molar-refractivity contribution in [1.29, 1.82) is 0 Å². The van der Waals surface area contributed by atoms with E-state index < -0.39 is 0 Å². The number of nitrogens with two attached hydrogens (primary N) is 1. The van der Waals surface area contributed by atoms with Crippen molar-refractivity contribution >= 4 is 5.69 Å². The van der Waals surface area contributed by atoms with Gasteiger partial charge in [-0.3, -0.25) is 15.8 Å². The average Bonchev–Trinajstić information content (AvgIpc) is 2.82. The standard InChI is InChI=1S/C13H14N4/c14-17-10-5-7-15-12(8-10)11-4-3-9-2-1-6-16-13(9)11/h1-2,5-8,11H,3-4,14H2,(H,15,17). The first-order valence-corrected chi connectivity index (χ1v) is 5.75. The highest BCUT2D eigenvalue weighted by molar-refractivity contribution is 5.45. The van der Waals surface area contributed by atoms with Crippen molar-refractivity contribution in [1.82, 2.24) is 9.97 Å². The number of nitrogens with zero attached hydrogens (tertiary/aromatic N) is 2. The molecule has 0 bridgehead atoms. The summed E-state index contributed by atoms with van der Waals surface area (Å²) in [7, 11) is 0. The summed E-state index contributed by atoms with van der Waals surface area (Å²) in [5, 5.41) is 0. The van der Waals surface area contributed by atoms with E-state index in [-0.39, 0.29) is 0 Å². The molecule has 0 radical (unpaired) electrons. The number of hydrazine groups is 1. The van der Waals surface area contributed by atoms with Crippen LogP contribution in [0.5, 0.6) is 0 Å². The maximum atomic E-state index is 5.42. The number of hydrogen-bond donors (Lipinski definition) is 2. The Morgan fingerprint density at radius 3 is 3.06 bits per heavy atom. The van der Waals surface area contributed by atoms with Crippen molar-refractivity contribution in [2.45, 2.75) is 18.8 Å². The molecule has 1 aliphatic carbocycles. The molecule has 1 atom stereocenters. The number of aromatic nitrogens is 2. The van der Waals surface area contributed by atoms with E-state index >= 15 is 0 Å². The van der Waals surface area contributed by atoms with E-state index in [1.807, 2.05) is 24.4 Å². The van der Waals surface area contributed by atoms with Crippen molar-refractivity contribution < 1.29 is 0 Å². The summed E-state index contributed by atoms with van der Waals surface area (Å²) >= 11 is 0. The number of nitrogens with one attached hydrogen (secondary N) is 1.